The number of carbonyl (C=O) groups excluding carboxylic acids is 2. The maximum atomic E-state index is 13.0. The van der Waals surface area contributed by atoms with E-state index in [1.165, 1.54) is 6.42 Å². The third-order valence-electron chi connectivity index (χ3n) is 7.51. The average Bonchev–Trinajstić information content (AvgIpc) is 3.41. The number of nitrogens with zero attached hydrogens (tertiary/aromatic N) is 1. The van der Waals surface area contributed by atoms with Gasteiger partial charge in [0.05, 0.1) is 6.42 Å². The van der Waals surface area contributed by atoms with Gasteiger partial charge in [-0.1, -0.05) is 55.0 Å². The van der Waals surface area contributed by atoms with Crippen LogP contribution in [0.25, 0.3) is 11.1 Å². The van der Waals surface area contributed by atoms with Crippen LogP contribution in [-0.2, 0) is 14.3 Å². The highest BCUT2D eigenvalue weighted by Gasteiger charge is 2.38. The fourth-order valence-corrected chi connectivity index (χ4v) is 5.87. The molecule has 3 N–H and O–H groups in total. The van der Waals surface area contributed by atoms with Crippen LogP contribution in [-0.4, -0.2) is 65.8 Å². The first-order valence-corrected chi connectivity index (χ1v) is 12.4. The molecule has 2 aliphatic heterocycles. The molecule has 0 radical (unpaired) electrons. The van der Waals surface area contributed by atoms with Crippen molar-refractivity contribution in [3.05, 3.63) is 59.7 Å². The Morgan fingerprint density at radius 1 is 0.971 bits per heavy atom. The van der Waals surface area contributed by atoms with Crippen molar-refractivity contribution < 1.29 is 24.2 Å². The van der Waals surface area contributed by atoms with Gasteiger partial charge in [-0.15, -0.1) is 0 Å². The average molecular weight is 478 g/mol. The van der Waals surface area contributed by atoms with Gasteiger partial charge in [0.1, 0.15) is 12.6 Å². The fourth-order valence-electron chi connectivity index (χ4n) is 5.87. The number of carbonyl (C=O) groups is 3. The van der Waals surface area contributed by atoms with Crippen molar-refractivity contribution in [1.82, 2.24) is 15.5 Å². The van der Waals surface area contributed by atoms with Crippen molar-refractivity contribution >= 4 is 18.0 Å². The van der Waals surface area contributed by atoms with Gasteiger partial charge in [0.2, 0.25) is 5.91 Å². The molecule has 0 spiro atoms. The van der Waals surface area contributed by atoms with Crippen molar-refractivity contribution in [3.63, 3.8) is 0 Å². The Balaban J connectivity index is 1.22. The molecule has 2 saturated heterocycles. The number of carboxylic acids is 1. The lowest BCUT2D eigenvalue weighted by atomic mass is 9.98. The van der Waals surface area contributed by atoms with Gasteiger partial charge in [0.15, 0.2) is 0 Å². The summed E-state index contributed by atoms with van der Waals surface area (Å²) in [5, 5.41) is 14.8. The second-order valence-corrected chi connectivity index (χ2v) is 9.62. The summed E-state index contributed by atoms with van der Waals surface area (Å²) in [5.41, 5.74) is 4.40. The van der Waals surface area contributed by atoms with Crippen LogP contribution in [0.2, 0.25) is 0 Å². The van der Waals surface area contributed by atoms with Crippen LogP contribution in [0, 0.1) is 0 Å². The number of nitrogens with one attached hydrogen (secondary N) is 2. The number of benzene rings is 2. The van der Waals surface area contributed by atoms with Crippen LogP contribution >= 0.6 is 0 Å². The van der Waals surface area contributed by atoms with Gasteiger partial charge in [-0.05, 0) is 48.1 Å². The number of alkyl carbamates (subject to hydrolysis) is 1. The van der Waals surface area contributed by atoms with Gasteiger partial charge >= 0.3 is 12.1 Å². The molecule has 35 heavy (non-hydrogen) atoms. The number of aliphatic carboxylic acids is 1. The highest BCUT2D eigenvalue weighted by atomic mass is 16.5. The molecular formula is C27H31N3O5. The van der Waals surface area contributed by atoms with E-state index in [0.29, 0.717) is 0 Å². The minimum atomic E-state index is -1.19. The smallest absolute Gasteiger partial charge is 0.407 e. The summed E-state index contributed by atoms with van der Waals surface area (Å²) < 4.78 is 5.53. The Kier molecular flexibility index (Phi) is 6.72. The second-order valence-electron chi connectivity index (χ2n) is 9.62. The lowest BCUT2D eigenvalue weighted by molar-refractivity contribution is -0.140. The SMILES string of the molecule is O=C(O)CC(NC(=O)OCC1c2ccccc2-c2ccccc21)C(=O)NC1CCN2CCCCC12. The van der Waals surface area contributed by atoms with Crippen molar-refractivity contribution in [2.75, 3.05) is 19.7 Å². The number of amides is 2. The number of fused-ring (bicyclic) bond motifs is 4. The zero-order valence-corrected chi connectivity index (χ0v) is 19.6. The van der Waals surface area contributed by atoms with Gasteiger partial charge in [0.25, 0.3) is 0 Å². The van der Waals surface area contributed by atoms with Crippen molar-refractivity contribution in [3.8, 4) is 11.1 Å². The molecule has 2 heterocycles. The second kappa shape index (κ2) is 10.1. The number of ether oxygens (including phenoxy) is 1. The molecular weight excluding hydrogens is 446 g/mol. The summed E-state index contributed by atoms with van der Waals surface area (Å²) in [6.45, 7) is 2.06. The molecule has 8 heteroatoms. The summed E-state index contributed by atoms with van der Waals surface area (Å²) in [4.78, 5) is 39.5. The standard InChI is InChI=1S/C27H31N3O5/c31-25(32)15-23(26(33)28-22-12-14-30-13-6-5-11-24(22)30)29-27(34)35-16-21-19-9-3-1-7-17(19)18-8-2-4-10-20(18)21/h1-4,7-10,21-24H,5-6,11-16H2,(H,28,33)(H,29,34)(H,31,32). The molecule has 184 valence electrons. The lowest BCUT2D eigenvalue weighted by Gasteiger charge is -2.33. The molecule has 0 bridgehead atoms. The Labute approximate surface area is 204 Å². The molecule has 5 rings (SSSR count). The Hall–Kier alpha value is -3.39. The first kappa shape index (κ1) is 23.4. The van der Waals surface area contributed by atoms with E-state index in [2.05, 4.69) is 27.7 Å². The molecule has 0 saturated carbocycles. The molecule has 8 nitrogen and oxygen atoms in total. The van der Waals surface area contributed by atoms with Crippen LogP contribution in [0.4, 0.5) is 4.79 Å². The number of piperidine rings is 1. The molecule has 2 fully saturated rings. The van der Waals surface area contributed by atoms with E-state index in [1.807, 2.05) is 36.4 Å². The molecule has 1 aliphatic carbocycles. The Morgan fingerprint density at radius 2 is 1.66 bits per heavy atom. The van der Waals surface area contributed by atoms with Gasteiger partial charge in [0, 0.05) is 24.5 Å². The molecule has 3 atom stereocenters. The quantitative estimate of drug-likeness (QED) is 0.566. The van der Waals surface area contributed by atoms with Crippen LogP contribution in [0.1, 0.15) is 49.1 Å². The predicted molar refractivity (Wildman–Crippen MR) is 130 cm³/mol. The minimum Gasteiger partial charge on any atom is -0.481 e. The van der Waals surface area contributed by atoms with Crippen molar-refractivity contribution in [2.24, 2.45) is 0 Å². The number of hydrogen-bond acceptors (Lipinski definition) is 5. The zero-order chi connectivity index (χ0) is 24.4. The number of rotatable bonds is 7. The summed E-state index contributed by atoms with van der Waals surface area (Å²) >= 11 is 0. The number of carboxylic acid groups (broad SMARTS) is 1. The molecule has 3 unspecified atom stereocenters. The van der Waals surface area contributed by atoms with E-state index in [4.69, 9.17) is 4.74 Å². The van der Waals surface area contributed by atoms with Gasteiger partial charge in [-0.2, -0.15) is 0 Å². The zero-order valence-electron chi connectivity index (χ0n) is 19.6. The summed E-state index contributed by atoms with van der Waals surface area (Å²) in [5.74, 6) is -1.75. The molecule has 2 amide bonds. The van der Waals surface area contributed by atoms with E-state index >= 15 is 0 Å². The summed E-state index contributed by atoms with van der Waals surface area (Å²) in [6.07, 6.45) is 2.86. The molecule has 0 aromatic heterocycles. The highest BCUT2D eigenvalue weighted by Crippen LogP contribution is 2.44. The minimum absolute atomic E-state index is 0.0246. The maximum absolute atomic E-state index is 13.0. The predicted octanol–water partition coefficient (Wildman–Crippen LogP) is 3.11. The number of hydrogen-bond donors (Lipinski definition) is 3. The topological polar surface area (TPSA) is 108 Å². The largest absolute Gasteiger partial charge is 0.481 e. The Morgan fingerprint density at radius 3 is 2.34 bits per heavy atom. The van der Waals surface area contributed by atoms with E-state index in [9.17, 15) is 19.5 Å². The Bertz CT molecular complexity index is 1070. The van der Waals surface area contributed by atoms with Crippen LogP contribution < -0.4 is 10.6 Å². The monoisotopic (exact) mass is 477 g/mol. The third kappa shape index (κ3) is 4.89. The first-order valence-electron chi connectivity index (χ1n) is 12.4. The normalized spacial score (nSPS) is 21.9. The van der Waals surface area contributed by atoms with Gasteiger partial charge < -0.3 is 20.5 Å². The summed E-state index contributed by atoms with van der Waals surface area (Å²) in [6, 6.07) is 15.1. The van der Waals surface area contributed by atoms with Crippen molar-refractivity contribution in [1.29, 1.82) is 0 Å². The van der Waals surface area contributed by atoms with Crippen molar-refractivity contribution in [2.45, 2.75) is 56.1 Å². The van der Waals surface area contributed by atoms with Crippen LogP contribution in [0.15, 0.2) is 48.5 Å². The maximum Gasteiger partial charge on any atom is 0.407 e. The third-order valence-corrected chi connectivity index (χ3v) is 7.51. The van der Waals surface area contributed by atoms with E-state index in [0.717, 1.165) is 54.6 Å². The van der Waals surface area contributed by atoms with Crippen LogP contribution in [0.5, 0.6) is 0 Å². The van der Waals surface area contributed by atoms with Crippen LogP contribution in [0.3, 0.4) is 0 Å². The van der Waals surface area contributed by atoms with E-state index < -0.39 is 30.4 Å². The van der Waals surface area contributed by atoms with E-state index in [1.54, 1.807) is 0 Å². The lowest BCUT2D eigenvalue weighted by Crippen LogP contribution is -2.54. The first-order chi connectivity index (χ1) is 17.0. The summed E-state index contributed by atoms with van der Waals surface area (Å²) in [7, 11) is 0. The molecule has 3 aliphatic rings. The molecule has 2 aromatic carbocycles. The highest BCUT2D eigenvalue weighted by molar-refractivity contribution is 5.89. The van der Waals surface area contributed by atoms with Gasteiger partial charge in [-0.25, -0.2) is 4.79 Å². The fraction of sp³-hybridized carbons (Fsp3) is 0.444. The van der Waals surface area contributed by atoms with Gasteiger partial charge in [-0.3, -0.25) is 14.5 Å². The molecule has 2 aromatic rings. The van der Waals surface area contributed by atoms with E-state index in [-0.39, 0.29) is 24.6 Å².